The Balaban J connectivity index is 1.22. The predicted molar refractivity (Wildman–Crippen MR) is 147 cm³/mol. The average molecular weight is 548 g/mol. The molecular weight excluding hydrogens is 502 g/mol. The van der Waals surface area contributed by atoms with Gasteiger partial charge in [-0.25, -0.2) is 4.79 Å². The minimum atomic E-state index is -2.14. The van der Waals surface area contributed by atoms with Crippen molar-refractivity contribution in [3.63, 3.8) is 0 Å². The molecule has 0 radical (unpaired) electrons. The molecule has 1 aliphatic heterocycles. The fraction of sp³-hybridized carbons (Fsp3) is 0.852. The van der Waals surface area contributed by atoms with Gasteiger partial charge >= 0.3 is 5.69 Å². The molecule has 37 heavy (non-hydrogen) atoms. The van der Waals surface area contributed by atoms with Crippen LogP contribution >= 0.6 is 0 Å². The molecule has 0 amide bonds. The van der Waals surface area contributed by atoms with Gasteiger partial charge in [-0.15, -0.1) is 0 Å². The van der Waals surface area contributed by atoms with Gasteiger partial charge in [0.15, 0.2) is 22.9 Å². The van der Waals surface area contributed by atoms with Crippen molar-refractivity contribution in [2.45, 2.75) is 113 Å². The molecule has 5 fully saturated rings. The Morgan fingerprint density at radius 1 is 1.03 bits per heavy atom. The molecule has 1 aromatic rings. The molecule has 4 saturated carbocycles. The first kappa shape index (κ1) is 26.2. The second-order valence-electron chi connectivity index (χ2n) is 13.8. The zero-order valence-corrected chi connectivity index (χ0v) is 24.8. The third-order valence-corrected chi connectivity index (χ3v) is 17.5. The van der Waals surface area contributed by atoms with Crippen molar-refractivity contribution in [3.05, 3.63) is 22.7 Å². The normalized spacial score (nSPS) is 41.2. The first-order chi connectivity index (χ1) is 17.5. The van der Waals surface area contributed by atoms with Crippen molar-refractivity contribution in [1.29, 1.82) is 0 Å². The van der Waals surface area contributed by atoms with Crippen LogP contribution in [0.3, 0.4) is 0 Å². The quantitative estimate of drug-likeness (QED) is 0.468. The number of nitrogen functional groups attached to an aromatic ring is 1. The van der Waals surface area contributed by atoms with Crippen LogP contribution in [0, 0.1) is 23.7 Å². The number of hydrogen-bond acceptors (Lipinski definition) is 7. The molecule has 10 heteroatoms. The Hall–Kier alpha value is -1.05. The topological polar surface area (TPSA) is 109 Å². The molecule has 4 aliphatic carbocycles. The van der Waals surface area contributed by atoms with Gasteiger partial charge < -0.3 is 24.4 Å². The van der Waals surface area contributed by atoms with Crippen LogP contribution in [0.25, 0.3) is 0 Å². The molecule has 206 valence electrons. The number of nitrogens with zero attached hydrogens (tertiary/aromatic N) is 2. The molecule has 10 atom stereocenters. The van der Waals surface area contributed by atoms with Gasteiger partial charge in [-0.1, -0.05) is 25.7 Å². The second-order valence-corrected chi connectivity index (χ2v) is 22.2. The number of anilines is 1. The van der Waals surface area contributed by atoms with Gasteiger partial charge in [-0.3, -0.25) is 4.57 Å². The third kappa shape index (κ3) is 4.80. The van der Waals surface area contributed by atoms with E-state index in [1.54, 1.807) is 12.3 Å². The lowest BCUT2D eigenvalue weighted by molar-refractivity contribution is -0.0526. The molecule has 8 nitrogen and oxygen atoms in total. The zero-order chi connectivity index (χ0) is 26.1. The maximum Gasteiger partial charge on any atom is 0.351 e. The molecule has 2 heterocycles. The minimum absolute atomic E-state index is 0.157. The van der Waals surface area contributed by atoms with Crippen LogP contribution in [-0.2, 0) is 13.6 Å². The van der Waals surface area contributed by atoms with E-state index >= 15 is 0 Å². The van der Waals surface area contributed by atoms with E-state index in [4.69, 9.17) is 19.3 Å². The standard InChI is InChI=1S/C27H45N3O5Si2/c1-36(2,21-13-16-5-7-18(21)11-16)33-15-20-25(35-37(3,4)22-14-17-6-8-19(22)12-17)24(31)26(34-20)30-10-9-23(28)29-27(30)32/h9-10,16-22,24-26,31H,5-8,11-15H2,1-4H3,(H2,28,29,32). The van der Waals surface area contributed by atoms with Crippen molar-refractivity contribution < 1.29 is 18.7 Å². The van der Waals surface area contributed by atoms with E-state index in [0.29, 0.717) is 17.7 Å². The maximum atomic E-state index is 12.7. The van der Waals surface area contributed by atoms with E-state index in [-0.39, 0.29) is 5.82 Å². The lowest BCUT2D eigenvalue weighted by Gasteiger charge is -2.40. The van der Waals surface area contributed by atoms with E-state index < -0.39 is 46.9 Å². The maximum absolute atomic E-state index is 12.7. The van der Waals surface area contributed by atoms with E-state index in [9.17, 15) is 9.90 Å². The third-order valence-electron chi connectivity index (χ3n) is 10.8. The van der Waals surface area contributed by atoms with Crippen LogP contribution in [0.5, 0.6) is 0 Å². The van der Waals surface area contributed by atoms with Crippen molar-refractivity contribution >= 4 is 22.5 Å². The minimum Gasteiger partial charge on any atom is -0.414 e. The number of hydrogen-bond donors (Lipinski definition) is 2. The molecule has 10 unspecified atom stereocenters. The van der Waals surface area contributed by atoms with Gasteiger partial charge in [0.2, 0.25) is 0 Å². The summed E-state index contributed by atoms with van der Waals surface area (Å²) in [4.78, 5) is 16.5. The number of fused-ring (bicyclic) bond motifs is 4. The highest BCUT2D eigenvalue weighted by Crippen LogP contribution is 2.57. The first-order valence-corrected chi connectivity index (χ1v) is 20.5. The summed E-state index contributed by atoms with van der Waals surface area (Å²) < 4.78 is 21.5. The fourth-order valence-electron chi connectivity index (χ4n) is 8.88. The summed E-state index contributed by atoms with van der Waals surface area (Å²) in [6, 6.07) is 1.57. The summed E-state index contributed by atoms with van der Waals surface area (Å²) in [5, 5.41) is 11.5. The summed E-state index contributed by atoms with van der Waals surface area (Å²) >= 11 is 0. The van der Waals surface area contributed by atoms with E-state index in [1.165, 1.54) is 55.9 Å². The largest absolute Gasteiger partial charge is 0.414 e. The molecule has 0 spiro atoms. The summed E-state index contributed by atoms with van der Waals surface area (Å²) in [5.74, 6) is 3.45. The predicted octanol–water partition coefficient (Wildman–Crippen LogP) is 4.28. The van der Waals surface area contributed by atoms with Gasteiger partial charge in [0.1, 0.15) is 24.1 Å². The fourth-order valence-corrected chi connectivity index (χ4v) is 15.5. The highest BCUT2D eigenvalue weighted by molar-refractivity contribution is 6.73. The highest BCUT2D eigenvalue weighted by atomic mass is 28.4. The molecule has 6 rings (SSSR count). The Morgan fingerprint density at radius 3 is 2.19 bits per heavy atom. The van der Waals surface area contributed by atoms with Crippen LogP contribution in [0.4, 0.5) is 5.82 Å². The molecule has 3 N–H and O–H groups in total. The summed E-state index contributed by atoms with van der Waals surface area (Å²) in [6.07, 6.45) is 9.41. The van der Waals surface area contributed by atoms with E-state index in [0.717, 1.165) is 23.7 Å². The number of nitrogens with two attached hydrogens (primary N) is 1. The zero-order valence-electron chi connectivity index (χ0n) is 22.8. The van der Waals surface area contributed by atoms with E-state index in [2.05, 4.69) is 31.2 Å². The Bertz CT molecular complexity index is 1070. The second kappa shape index (κ2) is 9.55. The molecule has 0 aromatic carbocycles. The monoisotopic (exact) mass is 547 g/mol. The molecule has 1 aromatic heterocycles. The van der Waals surface area contributed by atoms with Gasteiger partial charge in [0, 0.05) is 6.20 Å². The molecule has 1 saturated heterocycles. The Kier molecular flexibility index (Phi) is 6.76. The van der Waals surface area contributed by atoms with Crippen molar-refractivity contribution in [1.82, 2.24) is 9.55 Å². The summed E-state index contributed by atoms with van der Waals surface area (Å²) in [6.45, 7) is 9.70. The van der Waals surface area contributed by atoms with Crippen LogP contribution in [0.1, 0.15) is 57.6 Å². The van der Waals surface area contributed by atoms with E-state index in [1.807, 2.05) is 0 Å². The Morgan fingerprint density at radius 2 is 1.65 bits per heavy atom. The van der Waals surface area contributed by atoms with Gasteiger partial charge in [0.25, 0.3) is 0 Å². The van der Waals surface area contributed by atoms with Crippen LogP contribution < -0.4 is 11.4 Å². The number of aliphatic hydroxyl groups excluding tert-OH is 1. The first-order valence-electron chi connectivity index (χ1n) is 14.5. The number of rotatable bonds is 8. The van der Waals surface area contributed by atoms with Crippen LogP contribution in [-0.4, -0.2) is 56.2 Å². The van der Waals surface area contributed by atoms with Gasteiger partial charge in [0.05, 0.1) is 6.61 Å². The van der Waals surface area contributed by atoms with Crippen molar-refractivity contribution in [3.8, 4) is 0 Å². The lowest BCUT2D eigenvalue weighted by atomic mass is 10.0. The van der Waals surface area contributed by atoms with Gasteiger partial charge in [-0.2, -0.15) is 4.98 Å². The molecule has 4 bridgehead atoms. The summed E-state index contributed by atoms with van der Waals surface area (Å²) in [7, 11) is -4.11. The summed E-state index contributed by atoms with van der Waals surface area (Å²) in [5.41, 5.74) is 6.50. The number of ether oxygens (including phenoxy) is 1. The SMILES string of the molecule is C[Si](C)(OCC1OC(n2ccc(N)nc2=O)C(O)C1O[Si](C)(C)C1CC2CCC1C2)C1CC2CCC1C2. The smallest absolute Gasteiger partial charge is 0.351 e. The van der Waals surface area contributed by atoms with Crippen LogP contribution in [0.2, 0.25) is 37.3 Å². The number of aliphatic hydroxyl groups is 1. The Labute approximate surface area is 222 Å². The van der Waals surface area contributed by atoms with Crippen molar-refractivity contribution in [2.75, 3.05) is 12.3 Å². The molecular formula is C27H45N3O5Si2. The number of aromatic nitrogens is 2. The van der Waals surface area contributed by atoms with Gasteiger partial charge in [-0.05, 0) is 92.7 Å². The van der Waals surface area contributed by atoms with Crippen LogP contribution in [0.15, 0.2) is 17.1 Å². The molecule has 5 aliphatic rings. The lowest BCUT2D eigenvalue weighted by Crippen LogP contribution is -2.50. The average Bonchev–Trinajstić information content (AvgIpc) is 3.67. The highest BCUT2D eigenvalue weighted by Gasteiger charge is 2.55. The van der Waals surface area contributed by atoms with Crippen molar-refractivity contribution in [2.24, 2.45) is 23.7 Å².